The van der Waals surface area contributed by atoms with Gasteiger partial charge in [0.15, 0.2) is 0 Å². The molecule has 3 radical (unpaired) electrons. The van der Waals surface area contributed by atoms with Crippen LogP contribution < -0.4 is 0 Å². The zero-order valence-corrected chi connectivity index (χ0v) is 8.32. The van der Waals surface area contributed by atoms with Crippen LogP contribution in [0.1, 0.15) is 21.5 Å². The molecule has 0 saturated heterocycles. The second kappa shape index (κ2) is 4.30. The Labute approximate surface area is 82.4 Å². The number of carboxylic acid groups (broad SMARTS) is 1. The van der Waals surface area contributed by atoms with Gasteiger partial charge in [0.2, 0.25) is 0 Å². The Morgan fingerprint density at radius 1 is 1.33 bits per heavy atom. The van der Waals surface area contributed by atoms with E-state index in [1.165, 1.54) is 0 Å². The van der Waals surface area contributed by atoms with Crippen molar-refractivity contribution in [1.29, 1.82) is 0 Å². The van der Waals surface area contributed by atoms with E-state index < -0.39 is 5.97 Å². The van der Waals surface area contributed by atoms with Crippen molar-refractivity contribution in [3.63, 3.8) is 0 Å². The summed E-state index contributed by atoms with van der Waals surface area (Å²) in [6, 6.07) is 5.28. The molecule has 0 aromatic heterocycles. The van der Waals surface area contributed by atoms with Gasteiger partial charge < -0.3 is 5.11 Å². The third-order valence-electron chi connectivity index (χ3n) is 1.84. The van der Waals surface area contributed by atoms with E-state index in [1.807, 2.05) is 19.9 Å². The first-order valence-electron chi connectivity index (χ1n) is 3.42. The maximum Gasteiger partial charge on any atom is 0.335 e. The lowest BCUT2D eigenvalue weighted by molar-refractivity contribution is 0.0696. The fourth-order valence-electron chi connectivity index (χ4n) is 0.983. The second-order valence-electron chi connectivity index (χ2n) is 2.55. The van der Waals surface area contributed by atoms with E-state index in [0.29, 0.717) is 5.56 Å². The van der Waals surface area contributed by atoms with Crippen molar-refractivity contribution in [1.82, 2.24) is 0 Å². The average Bonchev–Trinajstić information content (AvgIpc) is 1.94. The van der Waals surface area contributed by atoms with Crippen molar-refractivity contribution in [2.75, 3.05) is 0 Å². The zero-order valence-electron chi connectivity index (χ0n) is 7.16. The Kier molecular flexibility index (Phi) is 4.02. The van der Waals surface area contributed by atoms with Crippen LogP contribution in [-0.2, 0) is 0 Å². The topological polar surface area (TPSA) is 37.3 Å². The summed E-state index contributed by atoms with van der Waals surface area (Å²) in [5.41, 5.74) is 2.26. The fourth-order valence-corrected chi connectivity index (χ4v) is 0.983. The number of rotatable bonds is 1. The fraction of sp³-hybridized carbons (Fsp3) is 0.222. The van der Waals surface area contributed by atoms with Gasteiger partial charge in [-0.05, 0) is 31.0 Å². The van der Waals surface area contributed by atoms with Gasteiger partial charge >= 0.3 is 5.97 Å². The number of aromatic carboxylic acids is 1. The van der Waals surface area contributed by atoms with Gasteiger partial charge in [0.05, 0.1) is 5.56 Å². The largest absolute Gasteiger partial charge is 0.478 e. The van der Waals surface area contributed by atoms with Crippen molar-refractivity contribution < 1.29 is 9.90 Å². The Balaban J connectivity index is 0.00000121. The van der Waals surface area contributed by atoms with Crippen LogP contribution in [0.4, 0.5) is 0 Å². The molecule has 0 spiro atoms. The molecule has 1 rings (SSSR count). The van der Waals surface area contributed by atoms with Gasteiger partial charge in [-0.1, -0.05) is 12.1 Å². The second-order valence-corrected chi connectivity index (χ2v) is 2.55. The van der Waals surface area contributed by atoms with E-state index in [-0.39, 0.29) is 17.4 Å². The van der Waals surface area contributed by atoms with Crippen molar-refractivity contribution >= 4 is 23.3 Å². The average molecular weight is 177 g/mol. The summed E-state index contributed by atoms with van der Waals surface area (Å²) in [6.45, 7) is 3.72. The quantitative estimate of drug-likeness (QED) is 0.662. The third-order valence-corrected chi connectivity index (χ3v) is 1.84. The molecule has 1 aromatic rings. The highest BCUT2D eigenvalue weighted by Crippen LogP contribution is 2.11. The van der Waals surface area contributed by atoms with Gasteiger partial charge in [-0.25, -0.2) is 4.79 Å². The van der Waals surface area contributed by atoms with Crippen LogP contribution in [0.2, 0.25) is 0 Å². The predicted molar refractivity (Wildman–Crippen MR) is 48.6 cm³/mol. The number of benzene rings is 1. The molecule has 12 heavy (non-hydrogen) atoms. The molecule has 0 aliphatic carbocycles. The van der Waals surface area contributed by atoms with Crippen LogP contribution in [0.3, 0.4) is 0 Å². The molecule has 0 amide bonds. The minimum Gasteiger partial charge on any atom is -0.478 e. The molecule has 0 aliphatic heterocycles. The molecule has 3 heteroatoms. The molecule has 61 valence electrons. The summed E-state index contributed by atoms with van der Waals surface area (Å²) in [5.74, 6) is -0.855. The van der Waals surface area contributed by atoms with Crippen molar-refractivity contribution in [2.24, 2.45) is 0 Å². The maximum absolute atomic E-state index is 10.6. The Morgan fingerprint density at radius 3 is 2.33 bits per heavy atom. The molecule has 1 N–H and O–H groups in total. The number of aryl methyl sites for hydroxylation is 1. The summed E-state index contributed by atoms with van der Waals surface area (Å²) >= 11 is 0. The molecule has 0 bridgehead atoms. The van der Waals surface area contributed by atoms with E-state index >= 15 is 0 Å². The van der Waals surface area contributed by atoms with Gasteiger partial charge in [-0.2, -0.15) is 0 Å². The van der Waals surface area contributed by atoms with Crippen LogP contribution in [-0.4, -0.2) is 28.4 Å². The smallest absolute Gasteiger partial charge is 0.335 e. The van der Waals surface area contributed by atoms with Crippen molar-refractivity contribution in [3.05, 3.63) is 34.9 Å². The lowest BCUT2D eigenvalue weighted by atomic mass is 10.0. The number of carbonyl (C=O) groups is 1. The highest BCUT2D eigenvalue weighted by atomic mass is 27.0. The third kappa shape index (κ3) is 2.10. The Morgan fingerprint density at radius 2 is 1.92 bits per heavy atom. The minimum atomic E-state index is -0.855. The number of hydrogen-bond acceptors (Lipinski definition) is 1. The highest BCUT2D eigenvalue weighted by Gasteiger charge is 2.06. The summed E-state index contributed by atoms with van der Waals surface area (Å²) in [5, 5.41) is 8.69. The van der Waals surface area contributed by atoms with Gasteiger partial charge in [0.1, 0.15) is 0 Å². The first-order chi connectivity index (χ1) is 5.13. The molecule has 0 aliphatic rings. The standard InChI is InChI=1S/C9H10O2.Al/c1-6-4-3-5-8(7(6)2)9(10)11;/h3-5H,1-2H3,(H,10,11);. The molecular formula is C9H10AlO2. The summed E-state index contributed by atoms with van der Waals surface area (Å²) < 4.78 is 0. The summed E-state index contributed by atoms with van der Waals surface area (Å²) in [7, 11) is 0. The summed E-state index contributed by atoms with van der Waals surface area (Å²) in [4.78, 5) is 10.6. The van der Waals surface area contributed by atoms with E-state index in [0.717, 1.165) is 11.1 Å². The molecule has 0 atom stereocenters. The molecule has 0 saturated carbocycles. The van der Waals surface area contributed by atoms with E-state index in [2.05, 4.69) is 0 Å². The summed E-state index contributed by atoms with van der Waals surface area (Å²) in [6.07, 6.45) is 0. The number of hydrogen-bond donors (Lipinski definition) is 1. The molecule has 2 nitrogen and oxygen atoms in total. The monoisotopic (exact) mass is 177 g/mol. The lowest BCUT2D eigenvalue weighted by Gasteiger charge is -2.02. The molecule has 0 heterocycles. The van der Waals surface area contributed by atoms with Crippen molar-refractivity contribution in [3.8, 4) is 0 Å². The van der Waals surface area contributed by atoms with E-state index in [4.69, 9.17) is 5.11 Å². The van der Waals surface area contributed by atoms with Crippen LogP contribution in [0.5, 0.6) is 0 Å². The Hall–Kier alpha value is -0.778. The van der Waals surface area contributed by atoms with E-state index in [1.54, 1.807) is 12.1 Å². The maximum atomic E-state index is 10.6. The minimum absolute atomic E-state index is 0. The first kappa shape index (κ1) is 11.2. The van der Waals surface area contributed by atoms with Crippen LogP contribution in [0.15, 0.2) is 18.2 Å². The van der Waals surface area contributed by atoms with Gasteiger partial charge in [0.25, 0.3) is 0 Å². The normalized spacial score (nSPS) is 8.83. The highest BCUT2D eigenvalue weighted by molar-refractivity contribution is 5.89. The SMILES string of the molecule is Cc1cccc(C(=O)O)c1C.[Al]. The van der Waals surface area contributed by atoms with Gasteiger partial charge in [-0.3, -0.25) is 0 Å². The molecule has 0 unspecified atom stereocenters. The number of carboxylic acids is 1. The van der Waals surface area contributed by atoms with Gasteiger partial charge in [-0.15, -0.1) is 0 Å². The van der Waals surface area contributed by atoms with Crippen molar-refractivity contribution in [2.45, 2.75) is 13.8 Å². The zero-order chi connectivity index (χ0) is 8.43. The molecular weight excluding hydrogens is 167 g/mol. The molecule has 1 aromatic carbocycles. The lowest BCUT2D eigenvalue weighted by Crippen LogP contribution is -2.00. The first-order valence-corrected chi connectivity index (χ1v) is 3.42. The molecule has 0 fully saturated rings. The predicted octanol–water partition coefficient (Wildman–Crippen LogP) is 1.62. The Bertz CT molecular complexity index is 295. The van der Waals surface area contributed by atoms with Crippen LogP contribution in [0.25, 0.3) is 0 Å². The van der Waals surface area contributed by atoms with Crippen LogP contribution in [0, 0.1) is 13.8 Å². The van der Waals surface area contributed by atoms with E-state index in [9.17, 15) is 4.79 Å². The van der Waals surface area contributed by atoms with Crippen LogP contribution >= 0.6 is 0 Å². The van der Waals surface area contributed by atoms with Gasteiger partial charge in [0, 0.05) is 17.4 Å².